The maximum absolute atomic E-state index is 12.0. The van der Waals surface area contributed by atoms with Gasteiger partial charge in [0.15, 0.2) is 0 Å². The SMILES string of the molecule is CC(C)(C)OC(=O)C[C@@H]1CC[C@@H](C(=O)N2CCC2)OC1. The molecule has 2 aliphatic heterocycles. The highest BCUT2D eigenvalue weighted by atomic mass is 16.6. The lowest BCUT2D eigenvalue weighted by Gasteiger charge is -2.36. The van der Waals surface area contributed by atoms with Crippen molar-refractivity contribution in [2.45, 2.75) is 58.2 Å². The number of hydrogen-bond donors (Lipinski definition) is 0. The summed E-state index contributed by atoms with van der Waals surface area (Å²) in [6.07, 6.45) is 2.73. The number of carbonyl (C=O) groups excluding carboxylic acids is 2. The van der Waals surface area contributed by atoms with Gasteiger partial charge in [-0.3, -0.25) is 9.59 Å². The number of rotatable bonds is 3. The van der Waals surface area contributed by atoms with Crippen LogP contribution in [-0.2, 0) is 19.1 Å². The fraction of sp³-hybridized carbons (Fsp3) is 0.867. The number of ether oxygens (including phenoxy) is 2. The number of amides is 1. The van der Waals surface area contributed by atoms with Gasteiger partial charge in [-0.15, -0.1) is 0 Å². The Hall–Kier alpha value is -1.10. The lowest BCUT2D eigenvalue weighted by Crippen LogP contribution is -2.49. The molecule has 0 aromatic rings. The average molecular weight is 283 g/mol. The molecule has 0 unspecified atom stereocenters. The van der Waals surface area contributed by atoms with Crippen molar-refractivity contribution in [1.29, 1.82) is 0 Å². The number of likely N-dealkylation sites (tertiary alicyclic amines) is 1. The molecule has 0 aliphatic carbocycles. The number of carbonyl (C=O) groups is 2. The third kappa shape index (κ3) is 4.20. The van der Waals surface area contributed by atoms with Crippen molar-refractivity contribution in [3.05, 3.63) is 0 Å². The van der Waals surface area contributed by atoms with E-state index in [-0.39, 0.29) is 23.9 Å². The summed E-state index contributed by atoms with van der Waals surface area (Å²) in [4.78, 5) is 25.6. The predicted octanol–water partition coefficient (Wildman–Crippen LogP) is 1.75. The molecule has 0 radical (unpaired) electrons. The number of hydrogen-bond acceptors (Lipinski definition) is 4. The first-order valence-electron chi connectivity index (χ1n) is 7.47. The molecule has 0 spiro atoms. The minimum atomic E-state index is -0.442. The molecular formula is C15H25NO4. The summed E-state index contributed by atoms with van der Waals surface area (Å²) >= 11 is 0. The van der Waals surface area contributed by atoms with Gasteiger partial charge in [0.25, 0.3) is 5.91 Å². The predicted molar refractivity (Wildman–Crippen MR) is 74.1 cm³/mol. The van der Waals surface area contributed by atoms with Crippen LogP contribution < -0.4 is 0 Å². The molecule has 114 valence electrons. The lowest BCUT2D eigenvalue weighted by atomic mass is 9.94. The average Bonchev–Trinajstić information content (AvgIpc) is 2.24. The molecule has 2 rings (SSSR count). The lowest BCUT2D eigenvalue weighted by molar-refractivity contribution is -0.159. The van der Waals surface area contributed by atoms with E-state index in [1.54, 1.807) is 0 Å². The van der Waals surface area contributed by atoms with Gasteiger partial charge in [-0.25, -0.2) is 0 Å². The van der Waals surface area contributed by atoms with E-state index < -0.39 is 5.60 Å². The van der Waals surface area contributed by atoms with Crippen LogP contribution in [0.15, 0.2) is 0 Å². The zero-order chi connectivity index (χ0) is 14.8. The first kappa shape index (κ1) is 15.3. The molecule has 5 heteroatoms. The Labute approximate surface area is 120 Å². The molecule has 2 saturated heterocycles. The summed E-state index contributed by atoms with van der Waals surface area (Å²) in [7, 11) is 0. The smallest absolute Gasteiger partial charge is 0.306 e. The summed E-state index contributed by atoms with van der Waals surface area (Å²) in [6, 6.07) is 0. The van der Waals surface area contributed by atoms with Crippen LogP contribution in [0.2, 0.25) is 0 Å². The van der Waals surface area contributed by atoms with Crippen molar-refractivity contribution >= 4 is 11.9 Å². The standard InChI is InChI=1S/C15H25NO4/c1-15(2,3)20-13(17)9-11-5-6-12(19-10-11)14(18)16-7-4-8-16/h11-12H,4-10H2,1-3H3/t11-,12-/m0/s1. The van der Waals surface area contributed by atoms with Crippen LogP contribution in [0.5, 0.6) is 0 Å². The Morgan fingerprint density at radius 1 is 1.25 bits per heavy atom. The van der Waals surface area contributed by atoms with E-state index in [9.17, 15) is 9.59 Å². The second-order valence-electron chi connectivity index (χ2n) is 6.73. The third-order valence-corrected chi connectivity index (χ3v) is 3.69. The van der Waals surface area contributed by atoms with Crippen LogP contribution in [0.4, 0.5) is 0 Å². The molecule has 1 amide bonds. The summed E-state index contributed by atoms with van der Waals surface area (Å²) in [5.74, 6) is 0.107. The van der Waals surface area contributed by atoms with E-state index in [2.05, 4.69) is 0 Å². The van der Waals surface area contributed by atoms with E-state index in [0.717, 1.165) is 25.9 Å². The second-order valence-corrected chi connectivity index (χ2v) is 6.73. The molecule has 0 aromatic carbocycles. The minimum absolute atomic E-state index is 0.118. The Bertz CT molecular complexity index is 363. The summed E-state index contributed by atoms with van der Waals surface area (Å²) < 4.78 is 11.0. The Morgan fingerprint density at radius 3 is 2.40 bits per heavy atom. The van der Waals surface area contributed by atoms with E-state index in [1.165, 1.54) is 0 Å². The highest BCUT2D eigenvalue weighted by molar-refractivity contribution is 5.81. The van der Waals surface area contributed by atoms with Gasteiger partial charge in [0.2, 0.25) is 0 Å². The molecule has 20 heavy (non-hydrogen) atoms. The first-order chi connectivity index (χ1) is 9.35. The molecule has 2 aliphatic rings. The quantitative estimate of drug-likeness (QED) is 0.740. The molecule has 0 N–H and O–H groups in total. The van der Waals surface area contributed by atoms with Crippen LogP contribution in [0.3, 0.4) is 0 Å². The number of esters is 1. The summed E-state index contributed by atoms with van der Waals surface area (Å²) in [5.41, 5.74) is -0.442. The Morgan fingerprint density at radius 2 is 1.95 bits per heavy atom. The maximum atomic E-state index is 12.0. The monoisotopic (exact) mass is 283 g/mol. The normalized spacial score (nSPS) is 26.9. The van der Waals surface area contributed by atoms with Crippen LogP contribution in [0.25, 0.3) is 0 Å². The second kappa shape index (κ2) is 6.12. The van der Waals surface area contributed by atoms with Crippen LogP contribution in [-0.4, -0.2) is 48.2 Å². The molecule has 0 aromatic heterocycles. The largest absolute Gasteiger partial charge is 0.460 e. The zero-order valence-electron chi connectivity index (χ0n) is 12.7. The van der Waals surface area contributed by atoms with E-state index in [1.807, 2.05) is 25.7 Å². The summed E-state index contributed by atoms with van der Waals surface area (Å²) in [6.45, 7) is 7.79. The van der Waals surface area contributed by atoms with Gasteiger partial charge in [0.05, 0.1) is 13.0 Å². The third-order valence-electron chi connectivity index (χ3n) is 3.69. The van der Waals surface area contributed by atoms with Crippen molar-refractivity contribution in [3.8, 4) is 0 Å². The van der Waals surface area contributed by atoms with Crippen LogP contribution in [0, 0.1) is 5.92 Å². The zero-order valence-corrected chi connectivity index (χ0v) is 12.7. The van der Waals surface area contributed by atoms with Crippen molar-refractivity contribution in [1.82, 2.24) is 4.90 Å². The summed E-state index contributed by atoms with van der Waals surface area (Å²) in [5, 5.41) is 0. The van der Waals surface area contributed by atoms with Crippen molar-refractivity contribution in [3.63, 3.8) is 0 Å². The van der Waals surface area contributed by atoms with Gasteiger partial charge in [-0.1, -0.05) is 0 Å². The molecule has 5 nitrogen and oxygen atoms in total. The molecule has 2 heterocycles. The van der Waals surface area contributed by atoms with Gasteiger partial charge < -0.3 is 14.4 Å². The minimum Gasteiger partial charge on any atom is -0.460 e. The topological polar surface area (TPSA) is 55.8 Å². The van der Waals surface area contributed by atoms with E-state index >= 15 is 0 Å². The van der Waals surface area contributed by atoms with Gasteiger partial charge in [-0.2, -0.15) is 0 Å². The van der Waals surface area contributed by atoms with Crippen molar-refractivity contribution in [2.24, 2.45) is 5.92 Å². The molecule has 2 fully saturated rings. The van der Waals surface area contributed by atoms with E-state index in [0.29, 0.717) is 19.4 Å². The van der Waals surface area contributed by atoms with Crippen LogP contribution >= 0.6 is 0 Å². The van der Waals surface area contributed by atoms with Crippen molar-refractivity contribution < 1.29 is 19.1 Å². The highest BCUT2D eigenvalue weighted by Crippen LogP contribution is 2.25. The Balaban J connectivity index is 1.71. The molecule has 2 atom stereocenters. The number of nitrogens with zero attached hydrogens (tertiary/aromatic N) is 1. The molecule has 0 bridgehead atoms. The first-order valence-corrected chi connectivity index (χ1v) is 7.47. The van der Waals surface area contributed by atoms with Crippen LogP contribution in [0.1, 0.15) is 46.5 Å². The fourth-order valence-electron chi connectivity index (χ4n) is 2.52. The maximum Gasteiger partial charge on any atom is 0.306 e. The van der Waals surface area contributed by atoms with Gasteiger partial charge >= 0.3 is 5.97 Å². The Kier molecular flexibility index (Phi) is 4.68. The van der Waals surface area contributed by atoms with Gasteiger partial charge in [0.1, 0.15) is 11.7 Å². The van der Waals surface area contributed by atoms with Gasteiger partial charge in [0, 0.05) is 13.1 Å². The fourth-order valence-corrected chi connectivity index (χ4v) is 2.52. The molecular weight excluding hydrogens is 258 g/mol. The van der Waals surface area contributed by atoms with E-state index in [4.69, 9.17) is 9.47 Å². The van der Waals surface area contributed by atoms with Gasteiger partial charge in [-0.05, 0) is 46.0 Å². The highest BCUT2D eigenvalue weighted by Gasteiger charge is 2.33. The molecule has 0 saturated carbocycles. The van der Waals surface area contributed by atoms with Crippen molar-refractivity contribution in [2.75, 3.05) is 19.7 Å².